The number of aromatic nitrogens is 1. The van der Waals surface area contributed by atoms with Gasteiger partial charge in [-0.1, -0.05) is 36.4 Å². The fourth-order valence-corrected chi connectivity index (χ4v) is 5.89. The summed E-state index contributed by atoms with van der Waals surface area (Å²) in [6.45, 7) is 4.32. The van der Waals surface area contributed by atoms with Gasteiger partial charge in [-0.3, -0.25) is 4.90 Å². The van der Waals surface area contributed by atoms with Crippen molar-refractivity contribution in [2.75, 3.05) is 32.8 Å². The zero-order valence-corrected chi connectivity index (χ0v) is 15.2. The van der Waals surface area contributed by atoms with Gasteiger partial charge in [0.25, 0.3) is 10.0 Å². The fraction of sp³-hybridized carbons (Fsp3) is 0.300. The number of ether oxygens (including phenoxy) is 1. The van der Waals surface area contributed by atoms with E-state index in [4.69, 9.17) is 4.74 Å². The summed E-state index contributed by atoms with van der Waals surface area (Å²) in [6, 6.07) is 15.1. The number of rotatable bonds is 3. The number of benzene rings is 2. The van der Waals surface area contributed by atoms with E-state index in [-0.39, 0.29) is 0 Å². The molecule has 0 atom stereocenters. The summed E-state index contributed by atoms with van der Waals surface area (Å²) in [5.41, 5.74) is 3.56. The monoisotopic (exact) mass is 368 g/mol. The molecule has 2 aromatic carbocycles. The van der Waals surface area contributed by atoms with Crippen LogP contribution in [0.2, 0.25) is 0 Å². The first kappa shape index (κ1) is 16.1. The molecular formula is C20H20N2O3S. The zero-order valence-electron chi connectivity index (χ0n) is 14.4. The lowest BCUT2D eigenvalue weighted by Crippen LogP contribution is -2.37. The highest BCUT2D eigenvalue weighted by Gasteiger charge is 2.36. The molecule has 0 aliphatic carbocycles. The van der Waals surface area contributed by atoms with Gasteiger partial charge in [0, 0.05) is 30.6 Å². The molecule has 1 saturated heterocycles. The van der Waals surface area contributed by atoms with Crippen molar-refractivity contribution in [2.24, 2.45) is 0 Å². The van der Waals surface area contributed by atoms with Crippen LogP contribution in [-0.2, 0) is 21.2 Å². The minimum absolute atomic E-state index is 0.411. The van der Waals surface area contributed by atoms with Gasteiger partial charge < -0.3 is 4.74 Å². The van der Waals surface area contributed by atoms with Crippen molar-refractivity contribution in [3.8, 4) is 11.3 Å². The summed E-state index contributed by atoms with van der Waals surface area (Å²) in [5.74, 6) is 0. The molecule has 2 aliphatic rings. The third-order valence-corrected chi connectivity index (χ3v) is 7.15. The Hall–Kier alpha value is -2.15. The predicted octanol–water partition coefficient (Wildman–Crippen LogP) is 2.73. The third kappa shape index (κ3) is 2.26. The maximum absolute atomic E-state index is 13.1. The number of hydrogen-bond donors (Lipinski definition) is 0. The van der Waals surface area contributed by atoms with Gasteiger partial charge in [0.1, 0.15) is 0 Å². The van der Waals surface area contributed by atoms with Crippen molar-refractivity contribution >= 4 is 20.9 Å². The van der Waals surface area contributed by atoms with E-state index >= 15 is 0 Å². The van der Waals surface area contributed by atoms with Crippen LogP contribution < -0.4 is 0 Å². The second kappa shape index (κ2) is 5.94. The third-order valence-electron chi connectivity index (χ3n) is 5.38. The maximum Gasteiger partial charge on any atom is 0.269 e. The molecule has 1 fully saturated rings. The molecule has 5 nitrogen and oxygen atoms in total. The molecule has 0 amide bonds. The number of morpholine rings is 1. The van der Waals surface area contributed by atoms with Crippen molar-refractivity contribution in [1.82, 2.24) is 8.87 Å². The Morgan fingerprint density at radius 2 is 1.69 bits per heavy atom. The van der Waals surface area contributed by atoms with Gasteiger partial charge >= 0.3 is 0 Å². The predicted molar refractivity (Wildman–Crippen MR) is 101 cm³/mol. The van der Waals surface area contributed by atoms with E-state index in [0.29, 0.717) is 4.90 Å². The first-order chi connectivity index (χ1) is 12.7. The number of nitrogens with zero attached hydrogens (tertiary/aromatic N) is 2. The molecule has 0 unspecified atom stereocenters. The Morgan fingerprint density at radius 1 is 0.962 bits per heavy atom. The SMILES string of the molecule is O=S1(=O)c2ccccc2-c2c(CCN3CCOCC3)c3ccccc3n21. The Balaban J connectivity index is 1.68. The van der Waals surface area contributed by atoms with E-state index in [2.05, 4.69) is 4.90 Å². The van der Waals surface area contributed by atoms with Crippen LogP contribution >= 0.6 is 0 Å². The second-order valence-corrected chi connectivity index (χ2v) is 8.57. The summed E-state index contributed by atoms with van der Waals surface area (Å²) in [5, 5.41) is 1.04. The summed E-state index contributed by atoms with van der Waals surface area (Å²) < 4.78 is 33.3. The minimum atomic E-state index is -3.53. The van der Waals surface area contributed by atoms with Crippen molar-refractivity contribution in [1.29, 1.82) is 0 Å². The van der Waals surface area contributed by atoms with E-state index in [0.717, 1.165) is 67.0 Å². The standard InChI is InChI=1S/C20H20N2O3S/c23-26(24)19-8-4-2-6-17(19)20-16(9-10-21-11-13-25-14-12-21)15-5-1-3-7-18(15)22(20)26/h1-8H,9-14H2. The van der Waals surface area contributed by atoms with Crippen LogP contribution in [0.15, 0.2) is 53.4 Å². The average Bonchev–Trinajstić information content (AvgIpc) is 3.13. The van der Waals surface area contributed by atoms with Gasteiger partial charge in [-0.2, -0.15) is 0 Å². The highest BCUT2D eigenvalue weighted by molar-refractivity contribution is 7.90. The topological polar surface area (TPSA) is 51.5 Å². The summed E-state index contributed by atoms with van der Waals surface area (Å²) in [6.07, 6.45) is 0.826. The first-order valence-corrected chi connectivity index (χ1v) is 10.4. The Kier molecular flexibility index (Phi) is 3.67. The van der Waals surface area contributed by atoms with Gasteiger partial charge in [0.05, 0.1) is 29.3 Å². The highest BCUT2D eigenvalue weighted by atomic mass is 32.2. The fourth-order valence-electron chi connectivity index (χ4n) is 4.13. The molecule has 134 valence electrons. The van der Waals surface area contributed by atoms with Crippen molar-refractivity contribution < 1.29 is 13.2 Å². The lowest BCUT2D eigenvalue weighted by atomic mass is 10.0. The normalized spacial score (nSPS) is 18.8. The van der Waals surface area contributed by atoms with Crippen LogP contribution in [0.4, 0.5) is 0 Å². The molecule has 0 spiro atoms. The molecule has 5 rings (SSSR count). The van der Waals surface area contributed by atoms with Crippen molar-refractivity contribution in [2.45, 2.75) is 11.3 Å². The molecule has 1 aromatic heterocycles. The molecule has 0 saturated carbocycles. The molecule has 0 N–H and O–H groups in total. The lowest BCUT2D eigenvalue weighted by molar-refractivity contribution is 0.0385. The van der Waals surface area contributed by atoms with Crippen LogP contribution in [0.1, 0.15) is 5.56 Å². The highest BCUT2D eigenvalue weighted by Crippen LogP contribution is 2.44. The summed E-state index contributed by atoms with van der Waals surface area (Å²) >= 11 is 0. The molecule has 0 bridgehead atoms. The van der Waals surface area contributed by atoms with Crippen LogP contribution in [0, 0.1) is 0 Å². The molecule has 3 aromatic rings. The van der Waals surface area contributed by atoms with Gasteiger partial charge in [0.2, 0.25) is 0 Å². The zero-order chi connectivity index (χ0) is 17.7. The van der Waals surface area contributed by atoms with Gasteiger partial charge in [-0.25, -0.2) is 12.4 Å². The number of fused-ring (bicyclic) bond motifs is 5. The second-order valence-electron chi connectivity index (χ2n) is 6.81. The smallest absolute Gasteiger partial charge is 0.269 e. The van der Waals surface area contributed by atoms with Crippen molar-refractivity contribution in [3.63, 3.8) is 0 Å². The maximum atomic E-state index is 13.1. The number of hydrogen-bond acceptors (Lipinski definition) is 4. The van der Waals surface area contributed by atoms with Crippen LogP contribution in [0.25, 0.3) is 22.2 Å². The van der Waals surface area contributed by atoms with E-state index in [1.165, 1.54) is 0 Å². The summed E-state index contributed by atoms with van der Waals surface area (Å²) in [4.78, 5) is 2.80. The largest absolute Gasteiger partial charge is 0.379 e. The number of para-hydroxylation sites is 1. The van der Waals surface area contributed by atoms with Crippen LogP contribution in [-0.4, -0.2) is 50.1 Å². The molecule has 26 heavy (non-hydrogen) atoms. The van der Waals surface area contributed by atoms with Crippen LogP contribution in [0.5, 0.6) is 0 Å². The summed E-state index contributed by atoms with van der Waals surface area (Å²) in [7, 11) is -3.53. The Morgan fingerprint density at radius 3 is 2.54 bits per heavy atom. The van der Waals surface area contributed by atoms with Gasteiger partial charge in [0.15, 0.2) is 0 Å². The van der Waals surface area contributed by atoms with E-state index < -0.39 is 10.0 Å². The average molecular weight is 368 g/mol. The Bertz CT molecular complexity index is 1100. The molecule has 3 heterocycles. The molecular weight excluding hydrogens is 348 g/mol. The minimum Gasteiger partial charge on any atom is -0.379 e. The van der Waals surface area contributed by atoms with E-state index in [1.54, 1.807) is 16.1 Å². The van der Waals surface area contributed by atoms with E-state index in [1.807, 2.05) is 36.4 Å². The lowest BCUT2D eigenvalue weighted by Gasteiger charge is -2.26. The molecule has 2 aliphatic heterocycles. The van der Waals surface area contributed by atoms with Gasteiger partial charge in [-0.05, 0) is 24.1 Å². The molecule has 0 radical (unpaired) electrons. The van der Waals surface area contributed by atoms with Gasteiger partial charge in [-0.15, -0.1) is 0 Å². The Labute approximate surface area is 152 Å². The van der Waals surface area contributed by atoms with Crippen LogP contribution in [0.3, 0.4) is 0 Å². The quantitative estimate of drug-likeness (QED) is 0.558. The molecule has 6 heteroatoms. The van der Waals surface area contributed by atoms with E-state index in [9.17, 15) is 8.42 Å². The first-order valence-electron chi connectivity index (χ1n) is 8.95. The van der Waals surface area contributed by atoms with Crippen molar-refractivity contribution in [3.05, 3.63) is 54.1 Å².